The Bertz CT molecular complexity index is 404. The van der Waals surface area contributed by atoms with Crippen molar-refractivity contribution in [2.45, 2.75) is 63.9 Å². The van der Waals surface area contributed by atoms with Gasteiger partial charge >= 0.3 is 0 Å². The summed E-state index contributed by atoms with van der Waals surface area (Å²) in [6, 6.07) is 8.79. The van der Waals surface area contributed by atoms with Crippen molar-refractivity contribution in [3.8, 4) is 0 Å². The number of hydrogen-bond acceptors (Lipinski definition) is 1. The molecule has 104 valence electrons. The summed E-state index contributed by atoms with van der Waals surface area (Å²) in [4.78, 5) is 0. The molecule has 3 atom stereocenters. The van der Waals surface area contributed by atoms with Crippen molar-refractivity contribution < 1.29 is 5.11 Å². The van der Waals surface area contributed by atoms with E-state index >= 15 is 0 Å². The maximum Gasteiger partial charge on any atom is 0.0818 e. The highest BCUT2D eigenvalue weighted by atomic mass is 16.3. The normalized spacial score (nSPS) is 29.2. The third kappa shape index (κ3) is 3.02. The fourth-order valence-electron chi connectivity index (χ4n) is 3.64. The summed E-state index contributed by atoms with van der Waals surface area (Å²) in [7, 11) is 0. The maximum atomic E-state index is 10.6. The molecule has 0 spiro atoms. The Balaban J connectivity index is 1.66. The lowest BCUT2D eigenvalue weighted by atomic mass is 9.76. The van der Waals surface area contributed by atoms with Crippen molar-refractivity contribution in [2.24, 2.45) is 11.8 Å². The van der Waals surface area contributed by atoms with E-state index in [1.54, 1.807) is 0 Å². The van der Waals surface area contributed by atoms with Crippen molar-refractivity contribution in [1.29, 1.82) is 0 Å². The SMILES string of the molecule is CCC1CCCC(C(O)c2ccc(C3CC3)cc2)C1. The van der Waals surface area contributed by atoms with Gasteiger partial charge in [0.1, 0.15) is 0 Å². The molecule has 1 aromatic rings. The first-order chi connectivity index (χ1) is 9.28. The molecule has 1 heteroatoms. The predicted octanol–water partition coefficient (Wildman–Crippen LogP) is 4.81. The average Bonchev–Trinajstić information content (AvgIpc) is 3.31. The summed E-state index contributed by atoms with van der Waals surface area (Å²) in [5, 5.41) is 10.6. The highest BCUT2D eigenvalue weighted by Gasteiger charge is 2.28. The summed E-state index contributed by atoms with van der Waals surface area (Å²) in [6.07, 6.45) is 8.78. The van der Waals surface area contributed by atoms with Crippen molar-refractivity contribution in [2.75, 3.05) is 0 Å². The van der Waals surface area contributed by atoms with Crippen LogP contribution in [-0.2, 0) is 0 Å². The number of benzene rings is 1. The molecular weight excluding hydrogens is 232 g/mol. The van der Waals surface area contributed by atoms with Crippen LogP contribution in [0.2, 0.25) is 0 Å². The van der Waals surface area contributed by atoms with Crippen molar-refractivity contribution >= 4 is 0 Å². The fourth-order valence-corrected chi connectivity index (χ4v) is 3.64. The van der Waals surface area contributed by atoms with E-state index in [0.29, 0.717) is 5.92 Å². The Morgan fingerprint density at radius 3 is 2.47 bits per heavy atom. The van der Waals surface area contributed by atoms with Crippen LogP contribution in [0.3, 0.4) is 0 Å². The first-order valence-corrected chi connectivity index (χ1v) is 8.06. The molecule has 0 amide bonds. The molecule has 0 radical (unpaired) electrons. The molecule has 0 aromatic heterocycles. The van der Waals surface area contributed by atoms with Gasteiger partial charge in [0.25, 0.3) is 0 Å². The predicted molar refractivity (Wildman–Crippen MR) is 79.1 cm³/mol. The molecule has 0 bridgehead atoms. The largest absolute Gasteiger partial charge is 0.388 e. The van der Waals surface area contributed by atoms with E-state index in [2.05, 4.69) is 31.2 Å². The zero-order chi connectivity index (χ0) is 13.2. The van der Waals surface area contributed by atoms with E-state index in [1.807, 2.05) is 0 Å². The van der Waals surface area contributed by atoms with Crippen LogP contribution < -0.4 is 0 Å². The summed E-state index contributed by atoms with van der Waals surface area (Å²) >= 11 is 0. The Kier molecular flexibility index (Phi) is 3.93. The van der Waals surface area contributed by atoms with Gasteiger partial charge < -0.3 is 5.11 Å². The average molecular weight is 258 g/mol. The summed E-state index contributed by atoms with van der Waals surface area (Å²) in [5.41, 5.74) is 2.59. The Morgan fingerprint density at radius 2 is 1.84 bits per heavy atom. The van der Waals surface area contributed by atoms with Gasteiger partial charge in [0, 0.05) is 0 Å². The van der Waals surface area contributed by atoms with Gasteiger partial charge in [0.05, 0.1) is 6.10 Å². The molecule has 2 saturated carbocycles. The molecule has 2 aliphatic carbocycles. The minimum absolute atomic E-state index is 0.248. The number of aliphatic hydroxyl groups is 1. The lowest BCUT2D eigenvalue weighted by Gasteiger charge is -2.32. The van der Waals surface area contributed by atoms with Crippen LogP contribution in [0, 0.1) is 11.8 Å². The van der Waals surface area contributed by atoms with E-state index in [9.17, 15) is 5.11 Å². The monoisotopic (exact) mass is 258 g/mol. The van der Waals surface area contributed by atoms with Gasteiger partial charge in [-0.3, -0.25) is 0 Å². The van der Waals surface area contributed by atoms with Gasteiger partial charge in [-0.25, -0.2) is 0 Å². The molecule has 0 aliphatic heterocycles. The molecule has 0 heterocycles. The van der Waals surface area contributed by atoms with Gasteiger partial charge in [-0.15, -0.1) is 0 Å². The summed E-state index contributed by atoms with van der Waals surface area (Å²) in [6.45, 7) is 2.28. The molecule has 2 fully saturated rings. The van der Waals surface area contributed by atoms with Gasteiger partial charge in [0.15, 0.2) is 0 Å². The number of aliphatic hydroxyl groups excluding tert-OH is 1. The maximum absolute atomic E-state index is 10.6. The first-order valence-electron chi connectivity index (χ1n) is 8.06. The number of rotatable bonds is 4. The third-order valence-corrected chi connectivity index (χ3v) is 5.17. The second-order valence-corrected chi connectivity index (χ2v) is 6.59. The van der Waals surface area contributed by atoms with E-state index in [0.717, 1.165) is 17.4 Å². The van der Waals surface area contributed by atoms with Crippen LogP contribution in [0.5, 0.6) is 0 Å². The number of hydrogen-bond donors (Lipinski definition) is 1. The summed E-state index contributed by atoms with van der Waals surface area (Å²) < 4.78 is 0. The quantitative estimate of drug-likeness (QED) is 0.821. The minimum Gasteiger partial charge on any atom is -0.388 e. The van der Waals surface area contributed by atoms with E-state index in [1.165, 1.54) is 50.5 Å². The topological polar surface area (TPSA) is 20.2 Å². The van der Waals surface area contributed by atoms with Gasteiger partial charge in [-0.1, -0.05) is 50.5 Å². The van der Waals surface area contributed by atoms with E-state index in [4.69, 9.17) is 0 Å². The van der Waals surface area contributed by atoms with Gasteiger partial charge in [-0.05, 0) is 54.6 Å². The second kappa shape index (κ2) is 5.66. The molecule has 2 aliphatic rings. The second-order valence-electron chi connectivity index (χ2n) is 6.59. The summed E-state index contributed by atoms with van der Waals surface area (Å²) in [5.74, 6) is 2.12. The van der Waals surface area contributed by atoms with Gasteiger partial charge in [-0.2, -0.15) is 0 Å². The molecule has 3 rings (SSSR count). The smallest absolute Gasteiger partial charge is 0.0818 e. The fraction of sp³-hybridized carbons (Fsp3) is 0.667. The third-order valence-electron chi connectivity index (χ3n) is 5.17. The molecule has 1 aromatic carbocycles. The van der Waals surface area contributed by atoms with Crippen LogP contribution in [-0.4, -0.2) is 5.11 Å². The molecule has 1 N–H and O–H groups in total. The van der Waals surface area contributed by atoms with Crippen molar-refractivity contribution in [1.82, 2.24) is 0 Å². The van der Waals surface area contributed by atoms with Crippen LogP contribution >= 0.6 is 0 Å². The highest BCUT2D eigenvalue weighted by molar-refractivity contribution is 5.29. The van der Waals surface area contributed by atoms with E-state index < -0.39 is 0 Å². The van der Waals surface area contributed by atoms with Crippen LogP contribution in [0.15, 0.2) is 24.3 Å². The van der Waals surface area contributed by atoms with Crippen LogP contribution in [0.25, 0.3) is 0 Å². The van der Waals surface area contributed by atoms with Crippen molar-refractivity contribution in [3.05, 3.63) is 35.4 Å². The first kappa shape index (κ1) is 13.2. The van der Waals surface area contributed by atoms with Crippen LogP contribution in [0.4, 0.5) is 0 Å². The van der Waals surface area contributed by atoms with E-state index in [-0.39, 0.29) is 6.10 Å². The molecule has 3 unspecified atom stereocenters. The highest BCUT2D eigenvalue weighted by Crippen LogP contribution is 2.41. The Labute approximate surface area is 117 Å². The van der Waals surface area contributed by atoms with Crippen molar-refractivity contribution in [3.63, 3.8) is 0 Å². The standard InChI is InChI=1S/C18H26O/c1-2-13-4-3-5-17(12-13)18(19)16-10-8-15(9-11-16)14-6-7-14/h8-11,13-14,17-19H,2-7,12H2,1H3. The zero-order valence-electron chi connectivity index (χ0n) is 12.0. The Morgan fingerprint density at radius 1 is 1.11 bits per heavy atom. The molecule has 19 heavy (non-hydrogen) atoms. The van der Waals surface area contributed by atoms with Gasteiger partial charge in [0.2, 0.25) is 0 Å². The molecular formula is C18H26O. The lowest BCUT2D eigenvalue weighted by molar-refractivity contribution is 0.0678. The Hall–Kier alpha value is -0.820. The minimum atomic E-state index is -0.248. The zero-order valence-corrected chi connectivity index (χ0v) is 12.0. The van der Waals surface area contributed by atoms with Crippen LogP contribution in [0.1, 0.15) is 75.0 Å². The lowest BCUT2D eigenvalue weighted by Crippen LogP contribution is -2.21. The molecule has 1 nitrogen and oxygen atoms in total. The molecule has 0 saturated heterocycles.